The van der Waals surface area contributed by atoms with Crippen molar-refractivity contribution in [2.75, 3.05) is 5.75 Å². The molecule has 0 saturated carbocycles. The average Bonchev–Trinajstić information content (AvgIpc) is 2.13. The number of rotatable bonds is 4. The van der Waals surface area contributed by atoms with Crippen molar-refractivity contribution in [2.45, 2.75) is 17.7 Å². The largest absolute Gasteiger partial charge is 0.198 e. The lowest BCUT2D eigenvalue weighted by Crippen LogP contribution is -1.78. The Labute approximate surface area is 91.3 Å². The second kappa shape index (κ2) is 6.06. The molecule has 0 heterocycles. The van der Waals surface area contributed by atoms with Gasteiger partial charge in [0.25, 0.3) is 0 Å². The van der Waals surface area contributed by atoms with E-state index >= 15 is 0 Å². The summed E-state index contributed by atoms with van der Waals surface area (Å²) in [6.45, 7) is 0. The van der Waals surface area contributed by atoms with Gasteiger partial charge in [-0.3, -0.25) is 0 Å². The Morgan fingerprint density at radius 3 is 3.00 bits per heavy atom. The Bertz CT molecular complexity index is 306. The maximum absolute atomic E-state index is 8.34. The molecule has 1 aromatic rings. The van der Waals surface area contributed by atoms with Gasteiger partial charge in [0.05, 0.1) is 6.07 Å². The highest BCUT2D eigenvalue weighted by Gasteiger charge is 1.94. The van der Waals surface area contributed by atoms with Crippen molar-refractivity contribution in [3.63, 3.8) is 0 Å². The standard InChI is InChI=1S/C10H10BrNS/c11-9-4-3-5-10(8-9)13-7-2-1-6-12/h3-5,8H,1-2,7H2. The van der Waals surface area contributed by atoms with E-state index in [9.17, 15) is 0 Å². The fourth-order valence-corrected chi connectivity index (χ4v) is 2.36. The maximum atomic E-state index is 8.34. The molecule has 0 N–H and O–H groups in total. The van der Waals surface area contributed by atoms with Crippen LogP contribution in [0.2, 0.25) is 0 Å². The molecule has 0 radical (unpaired) electrons. The van der Waals surface area contributed by atoms with Gasteiger partial charge >= 0.3 is 0 Å². The second-order valence-electron chi connectivity index (χ2n) is 2.57. The molecule has 0 fully saturated rings. The Kier molecular flexibility index (Phi) is 4.95. The number of halogens is 1. The van der Waals surface area contributed by atoms with Crippen molar-refractivity contribution < 1.29 is 0 Å². The highest BCUT2D eigenvalue weighted by atomic mass is 79.9. The Balaban J connectivity index is 2.33. The molecule has 0 bridgehead atoms. The first-order valence-corrected chi connectivity index (χ1v) is 5.86. The lowest BCUT2D eigenvalue weighted by molar-refractivity contribution is 0.981. The highest BCUT2D eigenvalue weighted by Crippen LogP contribution is 2.22. The summed E-state index contributed by atoms with van der Waals surface area (Å²) in [6, 6.07) is 10.4. The third-order valence-corrected chi connectivity index (χ3v) is 3.07. The average molecular weight is 256 g/mol. The molecule has 0 aliphatic heterocycles. The molecule has 0 atom stereocenters. The van der Waals surface area contributed by atoms with Crippen molar-refractivity contribution >= 4 is 27.7 Å². The predicted octanol–water partition coefficient (Wildman–Crippen LogP) is 3.84. The van der Waals surface area contributed by atoms with Gasteiger partial charge in [-0.15, -0.1) is 11.8 Å². The van der Waals surface area contributed by atoms with Gasteiger partial charge < -0.3 is 0 Å². The van der Waals surface area contributed by atoms with Crippen LogP contribution in [0.15, 0.2) is 33.6 Å². The topological polar surface area (TPSA) is 23.8 Å². The smallest absolute Gasteiger partial charge is 0.0622 e. The molecule has 13 heavy (non-hydrogen) atoms. The minimum atomic E-state index is 0.654. The van der Waals surface area contributed by atoms with Crippen LogP contribution in [0, 0.1) is 11.3 Å². The predicted molar refractivity (Wildman–Crippen MR) is 59.7 cm³/mol. The van der Waals surface area contributed by atoms with Crippen LogP contribution in [-0.4, -0.2) is 5.75 Å². The Morgan fingerprint density at radius 1 is 1.46 bits per heavy atom. The molecule has 1 rings (SSSR count). The van der Waals surface area contributed by atoms with Crippen LogP contribution in [0.4, 0.5) is 0 Å². The van der Waals surface area contributed by atoms with E-state index in [0.717, 1.165) is 16.6 Å². The molecule has 68 valence electrons. The molecular weight excluding hydrogens is 246 g/mol. The fourth-order valence-electron chi connectivity index (χ4n) is 0.898. The monoisotopic (exact) mass is 255 g/mol. The first-order chi connectivity index (χ1) is 6.33. The fraction of sp³-hybridized carbons (Fsp3) is 0.300. The van der Waals surface area contributed by atoms with E-state index in [-0.39, 0.29) is 0 Å². The number of hydrogen-bond acceptors (Lipinski definition) is 2. The summed E-state index contributed by atoms with van der Waals surface area (Å²) in [5.74, 6) is 1.02. The van der Waals surface area contributed by atoms with Crippen LogP contribution in [0.3, 0.4) is 0 Å². The van der Waals surface area contributed by atoms with Gasteiger partial charge in [0.1, 0.15) is 0 Å². The van der Waals surface area contributed by atoms with E-state index < -0.39 is 0 Å². The molecule has 1 aromatic carbocycles. The number of nitrogens with zero attached hydrogens (tertiary/aromatic N) is 1. The Hall–Kier alpha value is -0.460. The molecule has 0 amide bonds. The summed E-state index contributed by atoms with van der Waals surface area (Å²) in [4.78, 5) is 1.26. The first kappa shape index (κ1) is 10.6. The summed E-state index contributed by atoms with van der Waals surface area (Å²) < 4.78 is 1.11. The van der Waals surface area contributed by atoms with Crippen molar-refractivity contribution in [1.82, 2.24) is 0 Å². The molecule has 0 aliphatic rings. The molecule has 0 aromatic heterocycles. The second-order valence-corrected chi connectivity index (χ2v) is 4.65. The van der Waals surface area contributed by atoms with E-state index in [2.05, 4.69) is 34.1 Å². The van der Waals surface area contributed by atoms with Crippen LogP contribution in [0.5, 0.6) is 0 Å². The van der Waals surface area contributed by atoms with Gasteiger partial charge in [-0.25, -0.2) is 0 Å². The maximum Gasteiger partial charge on any atom is 0.0622 e. The summed E-state index contributed by atoms with van der Waals surface area (Å²) in [5, 5.41) is 8.34. The lowest BCUT2D eigenvalue weighted by atomic mass is 10.4. The minimum absolute atomic E-state index is 0.654. The molecule has 0 unspecified atom stereocenters. The van der Waals surface area contributed by atoms with E-state index in [1.54, 1.807) is 11.8 Å². The van der Waals surface area contributed by atoms with Crippen molar-refractivity contribution in [2.24, 2.45) is 0 Å². The highest BCUT2D eigenvalue weighted by molar-refractivity contribution is 9.10. The SMILES string of the molecule is N#CCCCSc1cccc(Br)c1. The van der Waals surface area contributed by atoms with E-state index in [0.29, 0.717) is 6.42 Å². The van der Waals surface area contributed by atoms with E-state index in [1.165, 1.54) is 4.90 Å². The van der Waals surface area contributed by atoms with Gasteiger partial charge in [0.2, 0.25) is 0 Å². The zero-order valence-corrected chi connectivity index (χ0v) is 9.57. The number of nitriles is 1. The molecule has 1 nitrogen and oxygen atoms in total. The van der Waals surface area contributed by atoms with Crippen LogP contribution in [-0.2, 0) is 0 Å². The van der Waals surface area contributed by atoms with Crippen LogP contribution >= 0.6 is 27.7 Å². The van der Waals surface area contributed by atoms with Crippen LogP contribution < -0.4 is 0 Å². The van der Waals surface area contributed by atoms with Crippen LogP contribution in [0.25, 0.3) is 0 Å². The van der Waals surface area contributed by atoms with Crippen LogP contribution in [0.1, 0.15) is 12.8 Å². The molecule has 0 spiro atoms. The van der Waals surface area contributed by atoms with Crippen molar-refractivity contribution in [1.29, 1.82) is 5.26 Å². The first-order valence-electron chi connectivity index (χ1n) is 4.08. The van der Waals surface area contributed by atoms with Crippen molar-refractivity contribution in [3.05, 3.63) is 28.7 Å². The van der Waals surface area contributed by atoms with Crippen molar-refractivity contribution in [3.8, 4) is 6.07 Å². The number of benzene rings is 1. The minimum Gasteiger partial charge on any atom is -0.198 e. The van der Waals surface area contributed by atoms with Gasteiger partial charge in [-0.05, 0) is 30.4 Å². The molecular formula is C10H10BrNS. The third kappa shape index (κ3) is 4.35. The number of unbranched alkanes of at least 4 members (excludes halogenated alkanes) is 1. The van der Waals surface area contributed by atoms with E-state index in [4.69, 9.17) is 5.26 Å². The zero-order valence-electron chi connectivity index (χ0n) is 7.16. The summed E-state index contributed by atoms with van der Waals surface area (Å²) in [7, 11) is 0. The lowest BCUT2D eigenvalue weighted by Gasteiger charge is -1.99. The third-order valence-electron chi connectivity index (χ3n) is 1.50. The summed E-state index contributed by atoms with van der Waals surface area (Å²) in [6.07, 6.45) is 1.62. The van der Waals surface area contributed by atoms with Gasteiger partial charge in [0.15, 0.2) is 0 Å². The van der Waals surface area contributed by atoms with E-state index in [1.807, 2.05) is 12.1 Å². The number of hydrogen-bond donors (Lipinski definition) is 0. The molecule has 0 saturated heterocycles. The normalized spacial score (nSPS) is 9.54. The molecule has 0 aliphatic carbocycles. The summed E-state index contributed by atoms with van der Waals surface area (Å²) >= 11 is 5.21. The zero-order chi connectivity index (χ0) is 9.52. The summed E-state index contributed by atoms with van der Waals surface area (Å²) in [5.41, 5.74) is 0. The number of thioether (sulfide) groups is 1. The van der Waals surface area contributed by atoms with Gasteiger partial charge in [-0.1, -0.05) is 22.0 Å². The molecule has 3 heteroatoms. The van der Waals surface area contributed by atoms with Gasteiger partial charge in [0, 0.05) is 15.8 Å². The van der Waals surface area contributed by atoms with Gasteiger partial charge in [-0.2, -0.15) is 5.26 Å². The quantitative estimate of drug-likeness (QED) is 0.603. The Morgan fingerprint density at radius 2 is 2.31 bits per heavy atom.